The van der Waals surface area contributed by atoms with E-state index >= 15 is 0 Å². The summed E-state index contributed by atoms with van der Waals surface area (Å²) in [5, 5.41) is 3.95. The Morgan fingerprint density at radius 3 is 2.33 bits per heavy atom. The molecule has 0 aromatic carbocycles. The predicted octanol–water partition coefficient (Wildman–Crippen LogP) is 4.77. The highest BCUT2D eigenvalue weighted by Crippen LogP contribution is 2.44. The van der Waals surface area contributed by atoms with Crippen LogP contribution in [0.3, 0.4) is 0 Å². The quantitative estimate of drug-likeness (QED) is 0.730. The van der Waals surface area contributed by atoms with Gasteiger partial charge in [0.05, 0.1) is 6.10 Å². The summed E-state index contributed by atoms with van der Waals surface area (Å²) in [6.45, 7) is 12.4. The van der Waals surface area contributed by atoms with Gasteiger partial charge in [-0.15, -0.1) is 0 Å². The lowest BCUT2D eigenvalue weighted by Crippen LogP contribution is -2.63. The van der Waals surface area contributed by atoms with E-state index in [0.717, 1.165) is 18.6 Å². The fourth-order valence-corrected chi connectivity index (χ4v) is 4.07. The van der Waals surface area contributed by atoms with Crippen LogP contribution in [0.1, 0.15) is 79.6 Å². The zero-order chi connectivity index (χ0) is 15.5. The second-order valence-electron chi connectivity index (χ2n) is 8.50. The molecule has 0 bridgehead atoms. The van der Waals surface area contributed by atoms with Gasteiger partial charge in [-0.2, -0.15) is 0 Å². The molecule has 21 heavy (non-hydrogen) atoms. The molecule has 2 aliphatic carbocycles. The Balaban J connectivity index is 1.70. The van der Waals surface area contributed by atoms with E-state index in [4.69, 9.17) is 4.74 Å². The van der Waals surface area contributed by atoms with Crippen molar-refractivity contribution in [2.24, 2.45) is 17.3 Å². The van der Waals surface area contributed by atoms with Crippen molar-refractivity contribution in [3.8, 4) is 0 Å². The molecule has 2 nitrogen and oxygen atoms in total. The molecule has 0 aromatic rings. The first-order chi connectivity index (χ1) is 9.93. The van der Waals surface area contributed by atoms with E-state index in [0.29, 0.717) is 23.5 Å². The van der Waals surface area contributed by atoms with E-state index in [1.54, 1.807) is 0 Å². The maximum Gasteiger partial charge on any atom is 0.0656 e. The summed E-state index contributed by atoms with van der Waals surface area (Å²) in [4.78, 5) is 0. The van der Waals surface area contributed by atoms with E-state index in [-0.39, 0.29) is 0 Å². The molecule has 0 aromatic heterocycles. The molecule has 2 atom stereocenters. The molecule has 0 amide bonds. The van der Waals surface area contributed by atoms with E-state index in [1.807, 2.05) is 0 Å². The Morgan fingerprint density at radius 2 is 1.81 bits per heavy atom. The predicted molar refractivity (Wildman–Crippen MR) is 90.6 cm³/mol. The molecule has 2 unspecified atom stereocenters. The van der Waals surface area contributed by atoms with Crippen LogP contribution in [-0.2, 0) is 4.74 Å². The van der Waals surface area contributed by atoms with Gasteiger partial charge in [-0.3, -0.25) is 0 Å². The summed E-state index contributed by atoms with van der Waals surface area (Å²) < 4.78 is 6.08. The molecule has 2 heteroatoms. The lowest BCUT2D eigenvalue weighted by atomic mass is 9.64. The van der Waals surface area contributed by atoms with Crippen molar-refractivity contribution in [1.82, 2.24) is 5.32 Å². The zero-order valence-electron chi connectivity index (χ0n) is 15.0. The number of hydrogen-bond acceptors (Lipinski definition) is 2. The summed E-state index contributed by atoms with van der Waals surface area (Å²) in [5.74, 6) is 1.64. The van der Waals surface area contributed by atoms with Crippen molar-refractivity contribution in [1.29, 1.82) is 0 Å². The van der Waals surface area contributed by atoms with Gasteiger partial charge in [0, 0.05) is 24.1 Å². The maximum atomic E-state index is 6.08. The van der Waals surface area contributed by atoms with Crippen LogP contribution in [0.4, 0.5) is 0 Å². The topological polar surface area (TPSA) is 21.3 Å². The molecule has 0 spiro atoms. The van der Waals surface area contributed by atoms with Crippen LogP contribution >= 0.6 is 0 Å². The molecule has 2 rings (SSSR count). The monoisotopic (exact) mass is 295 g/mol. The summed E-state index contributed by atoms with van der Waals surface area (Å²) >= 11 is 0. The van der Waals surface area contributed by atoms with Gasteiger partial charge in [-0.05, 0) is 43.9 Å². The van der Waals surface area contributed by atoms with Gasteiger partial charge >= 0.3 is 0 Å². The standard InChI is InChI=1S/C19H37NO/c1-6-7-15-8-10-16(11-9-15)20-17-12-18(19(17,4)5)21-13-14(2)3/h14-18,20H,6-13H2,1-5H3. The highest BCUT2D eigenvalue weighted by atomic mass is 16.5. The second-order valence-corrected chi connectivity index (χ2v) is 8.50. The Morgan fingerprint density at radius 1 is 1.14 bits per heavy atom. The lowest BCUT2D eigenvalue weighted by Gasteiger charge is -2.53. The van der Waals surface area contributed by atoms with Crippen LogP contribution in [0.2, 0.25) is 0 Å². The van der Waals surface area contributed by atoms with Gasteiger partial charge in [-0.1, -0.05) is 47.5 Å². The van der Waals surface area contributed by atoms with Crippen LogP contribution in [0.25, 0.3) is 0 Å². The molecule has 124 valence electrons. The lowest BCUT2D eigenvalue weighted by molar-refractivity contribution is -0.126. The first-order valence-electron chi connectivity index (χ1n) is 9.31. The Kier molecular flexibility index (Phi) is 6.14. The maximum absolute atomic E-state index is 6.08. The van der Waals surface area contributed by atoms with Crippen molar-refractivity contribution >= 4 is 0 Å². The van der Waals surface area contributed by atoms with Gasteiger partial charge in [-0.25, -0.2) is 0 Å². The second kappa shape index (κ2) is 7.46. The first-order valence-corrected chi connectivity index (χ1v) is 9.31. The fraction of sp³-hybridized carbons (Fsp3) is 1.00. The number of ether oxygens (including phenoxy) is 1. The number of rotatable bonds is 7. The van der Waals surface area contributed by atoms with Crippen molar-refractivity contribution < 1.29 is 4.74 Å². The van der Waals surface area contributed by atoms with Crippen LogP contribution in [0.5, 0.6) is 0 Å². The summed E-state index contributed by atoms with van der Waals surface area (Å²) in [6.07, 6.45) is 10.1. The van der Waals surface area contributed by atoms with E-state index < -0.39 is 0 Å². The van der Waals surface area contributed by atoms with Gasteiger partial charge in [0.2, 0.25) is 0 Å². The minimum absolute atomic E-state index is 0.301. The SMILES string of the molecule is CCCC1CCC(NC2CC(OCC(C)C)C2(C)C)CC1. The average Bonchev–Trinajstić information content (AvgIpc) is 2.43. The molecule has 0 saturated heterocycles. The third-order valence-electron chi connectivity index (χ3n) is 5.79. The van der Waals surface area contributed by atoms with E-state index in [9.17, 15) is 0 Å². The number of nitrogens with one attached hydrogen (secondary N) is 1. The first kappa shape index (κ1) is 17.3. The summed E-state index contributed by atoms with van der Waals surface area (Å²) in [5.41, 5.74) is 0.301. The van der Waals surface area contributed by atoms with Gasteiger partial charge in [0.1, 0.15) is 0 Å². The third kappa shape index (κ3) is 4.45. The summed E-state index contributed by atoms with van der Waals surface area (Å²) in [6, 6.07) is 1.41. The molecule has 2 saturated carbocycles. The minimum atomic E-state index is 0.301. The molecule has 2 aliphatic rings. The molecular weight excluding hydrogens is 258 g/mol. The normalized spacial score (nSPS) is 35.7. The Bertz CT molecular complexity index is 305. The molecule has 1 N–H and O–H groups in total. The van der Waals surface area contributed by atoms with Crippen molar-refractivity contribution in [2.45, 2.75) is 97.8 Å². The Labute approximate surface area is 132 Å². The molecule has 0 aliphatic heterocycles. The average molecular weight is 296 g/mol. The molecular formula is C19H37NO. The van der Waals surface area contributed by atoms with Crippen LogP contribution in [0, 0.1) is 17.3 Å². The highest BCUT2D eigenvalue weighted by Gasteiger charge is 2.49. The highest BCUT2D eigenvalue weighted by molar-refractivity contribution is 5.04. The molecule has 0 heterocycles. The van der Waals surface area contributed by atoms with Crippen LogP contribution in [0.15, 0.2) is 0 Å². The van der Waals surface area contributed by atoms with E-state index in [1.165, 1.54) is 44.9 Å². The van der Waals surface area contributed by atoms with Crippen molar-refractivity contribution in [3.63, 3.8) is 0 Å². The van der Waals surface area contributed by atoms with Gasteiger partial charge < -0.3 is 10.1 Å². The van der Waals surface area contributed by atoms with Crippen LogP contribution < -0.4 is 5.32 Å². The minimum Gasteiger partial charge on any atom is -0.377 e. The smallest absolute Gasteiger partial charge is 0.0656 e. The number of hydrogen-bond donors (Lipinski definition) is 1. The molecule has 2 fully saturated rings. The van der Waals surface area contributed by atoms with Crippen molar-refractivity contribution in [2.75, 3.05) is 6.61 Å². The van der Waals surface area contributed by atoms with Gasteiger partial charge in [0.25, 0.3) is 0 Å². The third-order valence-corrected chi connectivity index (χ3v) is 5.79. The van der Waals surface area contributed by atoms with Crippen molar-refractivity contribution in [3.05, 3.63) is 0 Å². The fourth-order valence-electron chi connectivity index (χ4n) is 4.07. The Hall–Kier alpha value is -0.0800. The van der Waals surface area contributed by atoms with Crippen LogP contribution in [-0.4, -0.2) is 24.8 Å². The molecule has 0 radical (unpaired) electrons. The van der Waals surface area contributed by atoms with E-state index in [2.05, 4.69) is 39.9 Å². The zero-order valence-corrected chi connectivity index (χ0v) is 15.0. The summed E-state index contributed by atoms with van der Waals surface area (Å²) in [7, 11) is 0. The largest absolute Gasteiger partial charge is 0.377 e. The van der Waals surface area contributed by atoms with Gasteiger partial charge in [0.15, 0.2) is 0 Å².